The van der Waals surface area contributed by atoms with E-state index in [1.165, 1.54) is 11.1 Å². The number of aromatic nitrogens is 2. The monoisotopic (exact) mass is 466 g/mol. The molecular weight excluding hydrogens is 449 g/mol. The molecular formula is C21H18ClF3N4O3. The number of esters is 1. The molecule has 1 aliphatic rings. The molecule has 0 unspecified atom stereocenters. The van der Waals surface area contributed by atoms with Crippen molar-refractivity contribution in [3.8, 4) is 0 Å². The summed E-state index contributed by atoms with van der Waals surface area (Å²) in [6, 6.07) is 8.09. The molecule has 0 saturated carbocycles. The third-order valence-electron chi connectivity index (χ3n) is 5.22. The van der Waals surface area contributed by atoms with Crippen LogP contribution in [0, 0.1) is 0 Å². The lowest BCUT2D eigenvalue weighted by molar-refractivity contribution is -0.138. The number of aromatic amines is 1. The molecule has 0 atom stereocenters. The van der Waals surface area contributed by atoms with Crippen molar-refractivity contribution >= 4 is 40.2 Å². The van der Waals surface area contributed by atoms with Gasteiger partial charge in [-0.15, -0.1) is 0 Å². The number of nitrogens with one attached hydrogen (secondary N) is 1. The number of fused-ring (bicyclic) bond motifs is 1. The van der Waals surface area contributed by atoms with Gasteiger partial charge in [-0.1, -0.05) is 29.8 Å². The average molecular weight is 467 g/mol. The quantitative estimate of drug-likeness (QED) is 0.593. The molecule has 4 rings (SSSR count). The number of hydrogen-bond donors (Lipinski definition) is 1. The van der Waals surface area contributed by atoms with Crippen LogP contribution in [0.15, 0.2) is 42.7 Å². The SMILES string of the molecule is O=C(OCC(=O)N1CCN(c2ncc(C(F)(F)F)cc2Cl)CC1)c1c[nH]c2ccccc12. The van der Waals surface area contributed by atoms with Crippen molar-refractivity contribution in [2.75, 3.05) is 37.7 Å². The van der Waals surface area contributed by atoms with Gasteiger partial charge in [0.05, 0.1) is 16.1 Å². The van der Waals surface area contributed by atoms with Crippen molar-refractivity contribution in [2.24, 2.45) is 0 Å². The smallest absolute Gasteiger partial charge is 0.417 e. The van der Waals surface area contributed by atoms with Crippen LogP contribution < -0.4 is 4.90 Å². The fraction of sp³-hybridized carbons (Fsp3) is 0.286. The van der Waals surface area contributed by atoms with Crippen LogP contribution in [0.4, 0.5) is 19.0 Å². The summed E-state index contributed by atoms with van der Waals surface area (Å²) in [6.07, 6.45) is -2.25. The molecule has 2 aromatic heterocycles. The molecule has 3 heterocycles. The number of amides is 1. The van der Waals surface area contributed by atoms with Crippen LogP contribution in [-0.4, -0.2) is 59.5 Å². The predicted octanol–water partition coefficient (Wildman–Crippen LogP) is 3.74. The van der Waals surface area contributed by atoms with Gasteiger partial charge in [0.2, 0.25) is 0 Å². The van der Waals surface area contributed by atoms with Crippen molar-refractivity contribution in [1.29, 1.82) is 0 Å². The maximum atomic E-state index is 12.8. The minimum Gasteiger partial charge on any atom is -0.452 e. The molecule has 168 valence electrons. The summed E-state index contributed by atoms with van der Waals surface area (Å²) in [6.45, 7) is 0.850. The van der Waals surface area contributed by atoms with Crippen LogP contribution in [0.3, 0.4) is 0 Å². The first-order valence-electron chi connectivity index (χ1n) is 9.73. The summed E-state index contributed by atoms with van der Waals surface area (Å²) in [5, 5.41) is 0.603. The summed E-state index contributed by atoms with van der Waals surface area (Å²) in [5.74, 6) is -0.725. The number of ether oxygens (including phenoxy) is 1. The van der Waals surface area contributed by atoms with E-state index in [4.69, 9.17) is 16.3 Å². The highest BCUT2D eigenvalue weighted by Gasteiger charge is 2.32. The number of hydrogen-bond acceptors (Lipinski definition) is 5. The second-order valence-corrected chi connectivity index (χ2v) is 7.63. The first kappa shape index (κ1) is 21.9. The number of anilines is 1. The van der Waals surface area contributed by atoms with Crippen molar-refractivity contribution < 1.29 is 27.5 Å². The lowest BCUT2D eigenvalue weighted by Crippen LogP contribution is -2.50. The topological polar surface area (TPSA) is 78.5 Å². The number of piperazine rings is 1. The highest BCUT2D eigenvalue weighted by molar-refractivity contribution is 6.33. The van der Waals surface area contributed by atoms with Crippen LogP contribution in [0.25, 0.3) is 10.9 Å². The van der Waals surface area contributed by atoms with Crippen LogP contribution in [0.1, 0.15) is 15.9 Å². The maximum absolute atomic E-state index is 12.8. The Labute approximate surface area is 185 Å². The number of H-pyrrole nitrogens is 1. The summed E-state index contributed by atoms with van der Waals surface area (Å²) >= 11 is 6.00. The zero-order valence-corrected chi connectivity index (χ0v) is 17.4. The van der Waals surface area contributed by atoms with Gasteiger partial charge >= 0.3 is 12.1 Å². The van der Waals surface area contributed by atoms with Crippen molar-refractivity contribution in [3.05, 3.63) is 58.9 Å². The lowest BCUT2D eigenvalue weighted by Gasteiger charge is -2.35. The fourth-order valence-electron chi connectivity index (χ4n) is 3.52. The molecule has 0 spiro atoms. The Balaban J connectivity index is 1.31. The molecule has 0 radical (unpaired) electrons. The van der Waals surface area contributed by atoms with Crippen molar-refractivity contribution in [1.82, 2.24) is 14.9 Å². The number of rotatable bonds is 4. The number of alkyl halides is 3. The van der Waals surface area contributed by atoms with Crippen LogP contribution in [-0.2, 0) is 15.7 Å². The number of carbonyl (C=O) groups excluding carboxylic acids is 2. The molecule has 7 nitrogen and oxygen atoms in total. The van der Waals surface area contributed by atoms with E-state index in [1.54, 1.807) is 17.0 Å². The van der Waals surface area contributed by atoms with Crippen molar-refractivity contribution in [2.45, 2.75) is 6.18 Å². The third-order valence-corrected chi connectivity index (χ3v) is 5.50. The van der Waals surface area contributed by atoms with Crippen molar-refractivity contribution in [3.63, 3.8) is 0 Å². The van der Waals surface area contributed by atoms with E-state index in [0.717, 1.165) is 17.8 Å². The lowest BCUT2D eigenvalue weighted by atomic mass is 10.2. The van der Waals surface area contributed by atoms with E-state index in [0.29, 0.717) is 37.1 Å². The van der Waals surface area contributed by atoms with Crippen LogP contribution in [0.2, 0.25) is 5.02 Å². The largest absolute Gasteiger partial charge is 0.452 e. The number of carbonyl (C=O) groups is 2. The second-order valence-electron chi connectivity index (χ2n) is 7.22. The molecule has 1 aliphatic heterocycles. The van der Waals surface area contributed by atoms with E-state index in [1.807, 2.05) is 12.1 Å². The second kappa shape index (κ2) is 8.70. The maximum Gasteiger partial charge on any atom is 0.417 e. The van der Waals surface area contributed by atoms with Gasteiger partial charge in [0.25, 0.3) is 5.91 Å². The van der Waals surface area contributed by atoms with E-state index >= 15 is 0 Å². The molecule has 1 fully saturated rings. The number of benzene rings is 1. The van der Waals surface area contributed by atoms with E-state index < -0.39 is 24.3 Å². The average Bonchev–Trinajstić information content (AvgIpc) is 3.21. The molecule has 32 heavy (non-hydrogen) atoms. The summed E-state index contributed by atoms with van der Waals surface area (Å²) < 4.78 is 43.5. The van der Waals surface area contributed by atoms with Gasteiger partial charge in [-0.3, -0.25) is 4.79 Å². The molecule has 3 aromatic rings. The summed E-state index contributed by atoms with van der Waals surface area (Å²) in [5.41, 5.74) is 0.218. The Bertz CT molecular complexity index is 1160. The Morgan fingerprint density at radius 2 is 1.88 bits per heavy atom. The normalized spacial score (nSPS) is 14.6. The number of nitrogens with zero attached hydrogens (tertiary/aromatic N) is 3. The van der Waals surface area contributed by atoms with Crippen LogP contribution >= 0.6 is 11.6 Å². The van der Waals surface area contributed by atoms with E-state index in [9.17, 15) is 22.8 Å². The molecule has 1 aromatic carbocycles. The van der Waals surface area contributed by atoms with E-state index in [2.05, 4.69) is 9.97 Å². The molecule has 0 bridgehead atoms. The van der Waals surface area contributed by atoms with Gasteiger partial charge in [-0.25, -0.2) is 9.78 Å². The standard InChI is InChI=1S/C21H18ClF3N4O3/c22-16-9-13(21(23,24)25)10-27-19(16)29-7-5-28(6-8-29)18(30)12-32-20(31)15-11-26-17-4-2-1-3-14(15)17/h1-4,9-11,26H,5-8,12H2. The zero-order valence-electron chi connectivity index (χ0n) is 16.7. The molecule has 1 N–H and O–H groups in total. The number of para-hydroxylation sites is 1. The predicted molar refractivity (Wildman–Crippen MR) is 112 cm³/mol. The van der Waals surface area contributed by atoms with Gasteiger partial charge in [0.15, 0.2) is 6.61 Å². The Hall–Kier alpha value is -3.27. The number of pyridine rings is 1. The van der Waals surface area contributed by atoms with Gasteiger partial charge in [-0.05, 0) is 12.1 Å². The van der Waals surface area contributed by atoms with Gasteiger partial charge in [0, 0.05) is 49.5 Å². The summed E-state index contributed by atoms with van der Waals surface area (Å²) in [4.78, 5) is 34.9. The Morgan fingerprint density at radius 3 is 2.56 bits per heavy atom. The van der Waals surface area contributed by atoms with Gasteiger partial charge in [-0.2, -0.15) is 13.2 Å². The van der Waals surface area contributed by atoms with Gasteiger partial charge in [0.1, 0.15) is 5.82 Å². The van der Waals surface area contributed by atoms with Gasteiger partial charge < -0.3 is 19.5 Å². The Kier molecular flexibility index (Phi) is 5.96. The molecule has 1 saturated heterocycles. The van der Waals surface area contributed by atoms with Crippen LogP contribution in [0.5, 0.6) is 0 Å². The first-order valence-corrected chi connectivity index (χ1v) is 10.1. The zero-order chi connectivity index (χ0) is 22.9. The number of halogens is 4. The minimum absolute atomic E-state index is 0.104. The molecule has 1 amide bonds. The minimum atomic E-state index is -4.52. The highest BCUT2D eigenvalue weighted by Crippen LogP contribution is 2.33. The molecule has 0 aliphatic carbocycles. The Morgan fingerprint density at radius 1 is 1.16 bits per heavy atom. The molecule has 11 heteroatoms. The highest BCUT2D eigenvalue weighted by atomic mass is 35.5. The summed E-state index contributed by atoms with van der Waals surface area (Å²) in [7, 11) is 0. The fourth-order valence-corrected chi connectivity index (χ4v) is 3.81. The van der Waals surface area contributed by atoms with E-state index in [-0.39, 0.29) is 16.7 Å². The third kappa shape index (κ3) is 4.50. The first-order chi connectivity index (χ1) is 15.2.